The minimum atomic E-state index is -1.04. The Kier molecular flexibility index (Phi) is 4.09. The van der Waals surface area contributed by atoms with Gasteiger partial charge in [-0.3, -0.25) is 9.48 Å². The molecular weight excluding hydrogens is 260 g/mol. The molecule has 0 aliphatic heterocycles. The summed E-state index contributed by atoms with van der Waals surface area (Å²) in [6.07, 6.45) is 1.55. The number of benzene rings is 1. The SMILES string of the molecule is Cn1cnc(CNC(=O)Cc2ccccc2C(=O)O)n1. The van der Waals surface area contributed by atoms with Gasteiger partial charge in [0, 0.05) is 7.05 Å². The fraction of sp³-hybridized carbons (Fsp3) is 0.231. The van der Waals surface area contributed by atoms with E-state index in [0.29, 0.717) is 11.4 Å². The third kappa shape index (κ3) is 3.41. The van der Waals surface area contributed by atoms with Gasteiger partial charge in [0.1, 0.15) is 6.33 Å². The zero-order valence-electron chi connectivity index (χ0n) is 10.9. The number of carbonyl (C=O) groups is 2. The zero-order chi connectivity index (χ0) is 14.5. The minimum absolute atomic E-state index is 0.00923. The number of rotatable bonds is 5. The molecule has 7 heteroatoms. The first-order valence-electron chi connectivity index (χ1n) is 5.98. The summed E-state index contributed by atoms with van der Waals surface area (Å²) in [6, 6.07) is 6.44. The summed E-state index contributed by atoms with van der Waals surface area (Å²) in [6.45, 7) is 0.217. The highest BCUT2D eigenvalue weighted by Gasteiger charge is 2.12. The molecule has 7 nitrogen and oxygen atoms in total. The molecule has 0 aliphatic rings. The number of amides is 1. The maximum Gasteiger partial charge on any atom is 0.335 e. The number of nitrogens with zero attached hydrogens (tertiary/aromatic N) is 3. The maximum atomic E-state index is 11.8. The van der Waals surface area contributed by atoms with E-state index in [9.17, 15) is 9.59 Å². The molecule has 0 atom stereocenters. The Hall–Kier alpha value is -2.70. The summed E-state index contributed by atoms with van der Waals surface area (Å²) >= 11 is 0. The molecule has 0 saturated carbocycles. The topological polar surface area (TPSA) is 97.1 Å². The molecule has 1 heterocycles. The van der Waals surface area contributed by atoms with E-state index in [1.54, 1.807) is 36.3 Å². The van der Waals surface area contributed by atoms with Crippen molar-refractivity contribution in [3.8, 4) is 0 Å². The van der Waals surface area contributed by atoms with Crippen molar-refractivity contribution in [2.24, 2.45) is 7.05 Å². The van der Waals surface area contributed by atoms with Crippen LogP contribution in [0.1, 0.15) is 21.7 Å². The number of carboxylic acids is 1. The van der Waals surface area contributed by atoms with E-state index in [0.717, 1.165) is 0 Å². The second-order valence-electron chi connectivity index (χ2n) is 4.25. The van der Waals surface area contributed by atoms with E-state index in [2.05, 4.69) is 15.4 Å². The Morgan fingerprint density at radius 1 is 1.35 bits per heavy atom. The largest absolute Gasteiger partial charge is 0.478 e. The molecule has 2 aromatic rings. The number of aryl methyl sites for hydroxylation is 1. The van der Waals surface area contributed by atoms with Gasteiger partial charge in [-0.1, -0.05) is 18.2 Å². The Morgan fingerprint density at radius 2 is 2.10 bits per heavy atom. The molecule has 0 spiro atoms. The summed E-state index contributed by atoms with van der Waals surface area (Å²) < 4.78 is 1.54. The Bertz CT molecular complexity index is 636. The van der Waals surface area contributed by atoms with E-state index in [1.807, 2.05) is 0 Å². The first kappa shape index (κ1) is 13.7. The van der Waals surface area contributed by atoms with Crippen LogP contribution >= 0.6 is 0 Å². The Morgan fingerprint density at radius 3 is 2.75 bits per heavy atom. The van der Waals surface area contributed by atoms with E-state index in [1.165, 1.54) is 6.07 Å². The normalized spacial score (nSPS) is 10.2. The van der Waals surface area contributed by atoms with Gasteiger partial charge < -0.3 is 10.4 Å². The number of carboxylic acid groups (broad SMARTS) is 1. The summed E-state index contributed by atoms with van der Waals surface area (Å²) in [5, 5.41) is 15.7. The average Bonchev–Trinajstić information content (AvgIpc) is 2.83. The number of hydrogen-bond acceptors (Lipinski definition) is 4. The van der Waals surface area contributed by atoms with E-state index in [4.69, 9.17) is 5.11 Å². The summed E-state index contributed by atoms with van der Waals surface area (Å²) in [5.74, 6) is -0.807. The molecule has 0 fully saturated rings. The number of nitrogens with one attached hydrogen (secondary N) is 1. The lowest BCUT2D eigenvalue weighted by Crippen LogP contribution is -2.26. The molecule has 1 amide bonds. The maximum absolute atomic E-state index is 11.8. The van der Waals surface area contributed by atoms with Crippen molar-refractivity contribution < 1.29 is 14.7 Å². The van der Waals surface area contributed by atoms with E-state index >= 15 is 0 Å². The highest BCUT2D eigenvalue weighted by molar-refractivity contribution is 5.91. The molecular formula is C13H14N4O3. The van der Waals surface area contributed by atoms with Crippen LogP contribution in [0.4, 0.5) is 0 Å². The lowest BCUT2D eigenvalue weighted by atomic mass is 10.0. The van der Waals surface area contributed by atoms with Crippen molar-refractivity contribution in [1.29, 1.82) is 0 Å². The smallest absolute Gasteiger partial charge is 0.335 e. The fourth-order valence-corrected chi connectivity index (χ4v) is 1.76. The lowest BCUT2D eigenvalue weighted by Gasteiger charge is -2.06. The van der Waals surface area contributed by atoms with Crippen LogP contribution in [0.25, 0.3) is 0 Å². The van der Waals surface area contributed by atoms with Gasteiger partial charge in [0.2, 0.25) is 5.91 Å². The van der Waals surface area contributed by atoms with E-state index in [-0.39, 0.29) is 24.4 Å². The average molecular weight is 274 g/mol. The number of carbonyl (C=O) groups excluding carboxylic acids is 1. The second-order valence-corrected chi connectivity index (χ2v) is 4.25. The number of aromatic nitrogens is 3. The van der Waals surface area contributed by atoms with Crippen molar-refractivity contribution in [3.05, 3.63) is 47.5 Å². The molecule has 20 heavy (non-hydrogen) atoms. The van der Waals surface area contributed by atoms with Crippen LogP contribution in [0.2, 0.25) is 0 Å². The molecule has 1 aromatic heterocycles. The van der Waals surface area contributed by atoms with Crippen LogP contribution < -0.4 is 5.32 Å². The van der Waals surface area contributed by atoms with Gasteiger partial charge in [0.15, 0.2) is 5.82 Å². The van der Waals surface area contributed by atoms with Crippen LogP contribution in [0.5, 0.6) is 0 Å². The third-order valence-corrected chi connectivity index (χ3v) is 2.69. The van der Waals surface area contributed by atoms with Crippen LogP contribution in [-0.2, 0) is 24.8 Å². The second kappa shape index (κ2) is 5.96. The van der Waals surface area contributed by atoms with Crippen molar-refractivity contribution in [3.63, 3.8) is 0 Å². The van der Waals surface area contributed by atoms with Crippen LogP contribution in [0.15, 0.2) is 30.6 Å². The van der Waals surface area contributed by atoms with Crippen molar-refractivity contribution in [1.82, 2.24) is 20.1 Å². The zero-order valence-corrected chi connectivity index (χ0v) is 10.9. The van der Waals surface area contributed by atoms with Crippen LogP contribution in [0.3, 0.4) is 0 Å². The molecule has 104 valence electrons. The van der Waals surface area contributed by atoms with Gasteiger partial charge >= 0.3 is 5.97 Å². The predicted molar refractivity (Wildman–Crippen MR) is 70.0 cm³/mol. The molecule has 2 rings (SSSR count). The number of aromatic carboxylic acids is 1. The summed E-state index contributed by atoms with van der Waals surface area (Å²) in [4.78, 5) is 26.8. The van der Waals surface area contributed by atoms with Crippen molar-refractivity contribution in [2.45, 2.75) is 13.0 Å². The molecule has 0 saturated heterocycles. The molecule has 0 bridgehead atoms. The van der Waals surface area contributed by atoms with Crippen molar-refractivity contribution >= 4 is 11.9 Å². The van der Waals surface area contributed by atoms with Gasteiger partial charge in [0.25, 0.3) is 0 Å². The van der Waals surface area contributed by atoms with Crippen LogP contribution in [0, 0.1) is 0 Å². The predicted octanol–water partition coefficient (Wildman–Crippen LogP) is 0.372. The van der Waals surface area contributed by atoms with Crippen molar-refractivity contribution in [2.75, 3.05) is 0 Å². The monoisotopic (exact) mass is 274 g/mol. The molecule has 0 aliphatic carbocycles. The van der Waals surface area contributed by atoms with Gasteiger partial charge in [0.05, 0.1) is 18.5 Å². The van der Waals surface area contributed by atoms with Gasteiger partial charge in [-0.15, -0.1) is 0 Å². The van der Waals surface area contributed by atoms with Gasteiger partial charge in [-0.05, 0) is 11.6 Å². The molecule has 2 N–H and O–H groups in total. The van der Waals surface area contributed by atoms with Gasteiger partial charge in [-0.2, -0.15) is 5.10 Å². The summed E-state index contributed by atoms with van der Waals surface area (Å²) in [5.41, 5.74) is 0.616. The quantitative estimate of drug-likeness (QED) is 0.821. The van der Waals surface area contributed by atoms with E-state index < -0.39 is 5.97 Å². The van der Waals surface area contributed by atoms with Crippen LogP contribution in [-0.4, -0.2) is 31.7 Å². The first-order chi connectivity index (χ1) is 9.56. The third-order valence-electron chi connectivity index (χ3n) is 2.69. The Labute approximate surface area is 115 Å². The molecule has 1 aromatic carbocycles. The fourth-order valence-electron chi connectivity index (χ4n) is 1.76. The molecule has 0 radical (unpaired) electrons. The lowest BCUT2D eigenvalue weighted by molar-refractivity contribution is -0.120. The first-order valence-corrected chi connectivity index (χ1v) is 5.98. The number of hydrogen-bond donors (Lipinski definition) is 2. The van der Waals surface area contributed by atoms with Gasteiger partial charge in [-0.25, -0.2) is 9.78 Å². The summed E-state index contributed by atoms with van der Waals surface area (Å²) in [7, 11) is 1.74. The standard InChI is InChI=1S/C13H14N4O3/c1-17-8-15-11(16-17)7-14-12(18)6-9-4-2-3-5-10(9)13(19)20/h2-5,8H,6-7H2,1H3,(H,14,18)(H,19,20). The highest BCUT2D eigenvalue weighted by atomic mass is 16.4. The molecule has 0 unspecified atom stereocenters. The minimum Gasteiger partial charge on any atom is -0.478 e. The highest BCUT2D eigenvalue weighted by Crippen LogP contribution is 2.09. The Balaban J connectivity index is 1.96.